The average Bonchev–Trinajstić information content (AvgIpc) is 2.91. The Morgan fingerprint density at radius 2 is 1.95 bits per heavy atom. The van der Waals surface area contributed by atoms with E-state index in [-0.39, 0.29) is 22.2 Å². The lowest BCUT2D eigenvalue weighted by Crippen LogP contribution is -2.38. The maximum Gasteiger partial charge on any atom is 0.254 e. The number of hydrogen-bond acceptors (Lipinski definition) is 3. The van der Waals surface area contributed by atoms with Crippen molar-refractivity contribution in [3.63, 3.8) is 0 Å². The second-order valence-corrected chi connectivity index (χ2v) is 6.29. The molecule has 2 N–H and O–H groups in total. The third-order valence-corrected chi connectivity index (χ3v) is 4.59. The first kappa shape index (κ1) is 15.3. The third kappa shape index (κ3) is 3.33. The molecule has 1 aromatic heterocycles. The fourth-order valence-corrected chi connectivity index (χ4v) is 3.08. The molecule has 0 aliphatic heterocycles. The molecule has 3 nitrogen and oxygen atoms in total. The van der Waals surface area contributed by atoms with Crippen LogP contribution in [0, 0.1) is 0 Å². The molecule has 0 aliphatic carbocycles. The van der Waals surface area contributed by atoms with Crippen LogP contribution in [0.2, 0.25) is 10.0 Å². The SMILES string of the molecule is CC(O)(CNC(=O)c1c(Cl)cccc1Cl)c1cccs1. The standard InChI is InChI=1S/C14H13Cl2NO2S/c1-14(19,11-6-3-7-20-11)8-17-13(18)12-9(15)4-2-5-10(12)16/h2-7,19H,8H2,1H3,(H,17,18). The van der Waals surface area contributed by atoms with Crippen LogP contribution in [0.4, 0.5) is 0 Å². The molecule has 0 saturated carbocycles. The number of carbonyl (C=O) groups is 1. The molecule has 0 radical (unpaired) electrons. The molecule has 0 aliphatic rings. The Morgan fingerprint density at radius 3 is 2.50 bits per heavy atom. The van der Waals surface area contributed by atoms with Crippen LogP contribution in [0.3, 0.4) is 0 Å². The van der Waals surface area contributed by atoms with E-state index in [9.17, 15) is 9.90 Å². The Morgan fingerprint density at radius 1 is 1.30 bits per heavy atom. The van der Waals surface area contributed by atoms with Crippen LogP contribution in [0.1, 0.15) is 22.2 Å². The molecule has 2 aromatic rings. The van der Waals surface area contributed by atoms with Crippen molar-refractivity contribution in [3.05, 3.63) is 56.2 Å². The lowest BCUT2D eigenvalue weighted by Gasteiger charge is -2.22. The van der Waals surface area contributed by atoms with E-state index in [0.717, 1.165) is 4.88 Å². The summed E-state index contributed by atoms with van der Waals surface area (Å²) in [5.41, 5.74) is -0.907. The van der Waals surface area contributed by atoms with Gasteiger partial charge in [-0.25, -0.2) is 0 Å². The van der Waals surface area contributed by atoms with Crippen molar-refractivity contribution in [1.29, 1.82) is 0 Å². The summed E-state index contributed by atoms with van der Waals surface area (Å²) in [7, 11) is 0. The predicted molar refractivity (Wildman–Crippen MR) is 82.7 cm³/mol. The fraction of sp³-hybridized carbons (Fsp3) is 0.214. The number of thiophene rings is 1. The summed E-state index contributed by atoms with van der Waals surface area (Å²) in [6.07, 6.45) is 0. The lowest BCUT2D eigenvalue weighted by molar-refractivity contribution is 0.0557. The van der Waals surface area contributed by atoms with Crippen molar-refractivity contribution in [2.24, 2.45) is 0 Å². The van der Waals surface area contributed by atoms with Gasteiger partial charge in [0, 0.05) is 4.88 Å². The number of rotatable bonds is 4. The summed E-state index contributed by atoms with van der Waals surface area (Å²) in [6, 6.07) is 8.53. The molecule has 2 rings (SSSR count). The van der Waals surface area contributed by atoms with Gasteiger partial charge in [-0.3, -0.25) is 4.79 Å². The largest absolute Gasteiger partial charge is 0.383 e. The molecular weight excluding hydrogens is 317 g/mol. The van der Waals surface area contributed by atoms with Crippen LogP contribution in [-0.4, -0.2) is 17.6 Å². The molecule has 1 atom stereocenters. The van der Waals surface area contributed by atoms with Crippen molar-refractivity contribution < 1.29 is 9.90 Å². The minimum absolute atomic E-state index is 0.0773. The zero-order valence-corrected chi connectivity index (χ0v) is 13.0. The van der Waals surface area contributed by atoms with Crippen LogP contribution in [0.5, 0.6) is 0 Å². The van der Waals surface area contributed by atoms with Gasteiger partial charge in [-0.05, 0) is 30.5 Å². The highest BCUT2D eigenvalue weighted by Crippen LogP contribution is 2.26. The Bertz CT molecular complexity index is 591. The van der Waals surface area contributed by atoms with Crippen LogP contribution in [0.15, 0.2) is 35.7 Å². The number of benzene rings is 1. The summed E-state index contributed by atoms with van der Waals surface area (Å²) in [6.45, 7) is 1.72. The van der Waals surface area contributed by atoms with Crippen molar-refractivity contribution in [3.8, 4) is 0 Å². The molecule has 20 heavy (non-hydrogen) atoms. The smallest absolute Gasteiger partial charge is 0.254 e. The first-order valence-electron chi connectivity index (χ1n) is 5.90. The molecule has 0 spiro atoms. The number of halogens is 2. The van der Waals surface area contributed by atoms with E-state index in [0.29, 0.717) is 0 Å². The average molecular weight is 330 g/mol. The van der Waals surface area contributed by atoms with E-state index in [2.05, 4.69) is 5.32 Å². The highest BCUT2D eigenvalue weighted by Gasteiger charge is 2.26. The second-order valence-electron chi connectivity index (χ2n) is 4.53. The van der Waals surface area contributed by atoms with E-state index in [1.54, 1.807) is 25.1 Å². The van der Waals surface area contributed by atoms with Gasteiger partial charge in [0.25, 0.3) is 5.91 Å². The zero-order chi connectivity index (χ0) is 14.8. The monoisotopic (exact) mass is 329 g/mol. The molecule has 1 unspecified atom stereocenters. The highest BCUT2D eigenvalue weighted by molar-refractivity contribution is 7.10. The Hall–Kier alpha value is -1.07. The van der Waals surface area contributed by atoms with Crippen molar-refractivity contribution in [2.75, 3.05) is 6.54 Å². The molecule has 1 amide bonds. The summed E-state index contributed by atoms with van der Waals surface area (Å²) < 4.78 is 0. The Labute approximate surface area is 131 Å². The number of amides is 1. The summed E-state index contributed by atoms with van der Waals surface area (Å²) >= 11 is 13.4. The number of aliphatic hydroxyl groups is 1. The van der Waals surface area contributed by atoms with Gasteiger partial charge < -0.3 is 10.4 Å². The minimum atomic E-state index is -1.13. The van der Waals surface area contributed by atoms with Crippen molar-refractivity contribution >= 4 is 40.4 Å². The van der Waals surface area contributed by atoms with Crippen LogP contribution < -0.4 is 5.32 Å². The van der Waals surface area contributed by atoms with Gasteiger partial charge in [-0.15, -0.1) is 11.3 Å². The van der Waals surface area contributed by atoms with Crippen molar-refractivity contribution in [1.82, 2.24) is 5.32 Å². The predicted octanol–water partition coefficient (Wildman–Crippen LogP) is 3.69. The maximum atomic E-state index is 12.1. The molecule has 1 aromatic carbocycles. The molecular formula is C14H13Cl2NO2S. The van der Waals surface area contributed by atoms with Gasteiger partial charge in [0.1, 0.15) is 5.60 Å². The normalized spacial score (nSPS) is 13.8. The molecule has 106 valence electrons. The van der Waals surface area contributed by atoms with Gasteiger partial charge in [-0.2, -0.15) is 0 Å². The quantitative estimate of drug-likeness (QED) is 0.898. The molecule has 0 saturated heterocycles. The third-order valence-electron chi connectivity index (χ3n) is 2.83. The van der Waals surface area contributed by atoms with Gasteiger partial charge in [0.2, 0.25) is 0 Å². The van der Waals surface area contributed by atoms with Gasteiger partial charge in [0.15, 0.2) is 0 Å². The van der Waals surface area contributed by atoms with E-state index in [1.807, 2.05) is 17.5 Å². The number of carbonyl (C=O) groups excluding carboxylic acids is 1. The van der Waals surface area contributed by atoms with Crippen LogP contribution in [0.25, 0.3) is 0 Å². The fourth-order valence-electron chi connectivity index (χ4n) is 1.73. The Balaban J connectivity index is 2.10. The topological polar surface area (TPSA) is 49.3 Å². The Kier molecular flexibility index (Phi) is 4.70. The summed E-state index contributed by atoms with van der Waals surface area (Å²) in [5, 5.41) is 15.4. The highest BCUT2D eigenvalue weighted by atomic mass is 35.5. The molecule has 0 bridgehead atoms. The first-order chi connectivity index (χ1) is 9.42. The van der Waals surface area contributed by atoms with Crippen molar-refractivity contribution in [2.45, 2.75) is 12.5 Å². The second kappa shape index (κ2) is 6.14. The lowest BCUT2D eigenvalue weighted by atomic mass is 10.1. The zero-order valence-electron chi connectivity index (χ0n) is 10.7. The molecule has 1 heterocycles. The van der Waals surface area contributed by atoms with E-state index in [1.165, 1.54) is 11.3 Å². The summed E-state index contributed by atoms with van der Waals surface area (Å²) in [5.74, 6) is -0.405. The minimum Gasteiger partial charge on any atom is -0.383 e. The van der Waals surface area contributed by atoms with E-state index in [4.69, 9.17) is 23.2 Å². The number of hydrogen-bond donors (Lipinski definition) is 2. The first-order valence-corrected chi connectivity index (χ1v) is 7.54. The molecule has 6 heteroatoms. The van der Waals surface area contributed by atoms with Crippen LogP contribution in [-0.2, 0) is 5.60 Å². The summed E-state index contributed by atoms with van der Waals surface area (Å²) in [4.78, 5) is 12.9. The van der Waals surface area contributed by atoms with E-state index >= 15 is 0 Å². The molecule has 0 fully saturated rings. The number of nitrogens with one attached hydrogen (secondary N) is 1. The van der Waals surface area contributed by atoms with Gasteiger partial charge >= 0.3 is 0 Å². The maximum absolute atomic E-state index is 12.1. The van der Waals surface area contributed by atoms with Crippen LogP contribution >= 0.6 is 34.5 Å². The van der Waals surface area contributed by atoms with Gasteiger partial charge in [0.05, 0.1) is 22.2 Å². The van der Waals surface area contributed by atoms with Gasteiger partial charge in [-0.1, -0.05) is 35.3 Å². The van der Waals surface area contributed by atoms with E-state index < -0.39 is 11.5 Å².